The molecular weight excluding hydrogens is 203 g/mol. The molecule has 0 aromatic carbocycles. The Labute approximate surface area is 77.4 Å². The van der Waals surface area contributed by atoms with E-state index in [0.29, 0.717) is 6.08 Å². The highest BCUT2D eigenvalue weighted by molar-refractivity contribution is 5.83. The molecule has 0 fully saturated rings. The van der Waals surface area contributed by atoms with Gasteiger partial charge in [0.2, 0.25) is 0 Å². The number of carbonyl (C=O) groups is 2. The van der Waals surface area contributed by atoms with Gasteiger partial charge < -0.3 is 10.4 Å². The molecule has 7 heteroatoms. The average molecular weight is 211 g/mol. The van der Waals surface area contributed by atoms with Crippen molar-refractivity contribution in [3.63, 3.8) is 0 Å². The first-order chi connectivity index (χ1) is 6.23. The van der Waals surface area contributed by atoms with Gasteiger partial charge in [0.15, 0.2) is 0 Å². The van der Waals surface area contributed by atoms with Crippen LogP contribution >= 0.6 is 0 Å². The first-order valence-corrected chi connectivity index (χ1v) is 3.52. The van der Waals surface area contributed by atoms with Crippen molar-refractivity contribution in [3.8, 4) is 0 Å². The second-order valence-electron chi connectivity index (χ2n) is 2.46. The highest BCUT2D eigenvalue weighted by Crippen LogP contribution is 2.14. The van der Waals surface area contributed by atoms with Crippen molar-refractivity contribution in [2.45, 2.75) is 19.1 Å². The number of amides is 1. The molecule has 1 amide bonds. The maximum Gasteiger partial charge on any atom is 0.471 e. The fraction of sp³-hybridized carbons (Fsp3) is 0.429. The zero-order valence-electron chi connectivity index (χ0n) is 7.13. The van der Waals surface area contributed by atoms with Crippen LogP contribution in [0, 0.1) is 0 Å². The third kappa shape index (κ3) is 5.18. The topological polar surface area (TPSA) is 66.4 Å². The lowest BCUT2D eigenvalue weighted by Crippen LogP contribution is -2.41. The van der Waals surface area contributed by atoms with E-state index < -0.39 is 24.1 Å². The van der Waals surface area contributed by atoms with Gasteiger partial charge in [0.1, 0.15) is 0 Å². The second kappa shape index (κ2) is 4.64. The zero-order chi connectivity index (χ0) is 11.4. The van der Waals surface area contributed by atoms with Gasteiger partial charge in [0.05, 0.1) is 0 Å². The van der Waals surface area contributed by atoms with Gasteiger partial charge in [0, 0.05) is 12.1 Å². The molecule has 0 aromatic heterocycles. The first-order valence-electron chi connectivity index (χ1n) is 3.52. The third-order valence-electron chi connectivity index (χ3n) is 1.14. The van der Waals surface area contributed by atoms with Crippen LogP contribution in [0.1, 0.15) is 6.92 Å². The monoisotopic (exact) mass is 211 g/mol. The summed E-state index contributed by atoms with van der Waals surface area (Å²) < 4.78 is 35.0. The highest BCUT2D eigenvalue weighted by Gasteiger charge is 2.38. The molecule has 0 aliphatic heterocycles. The lowest BCUT2D eigenvalue weighted by molar-refractivity contribution is -0.173. The van der Waals surface area contributed by atoms with Crippen LogP contribution in [0.4, 0.5) is 13.2 Å². The molecule has 0 rings (SSSR count). The predicted molar refractivity (Wildman–Crippen MR) is 40.4 cm³/mol. The molecule has 4 nitrogen and oxygen atoms in total. The number of carbonyl (C=O) groups excluding carboxylic acids is 1. The summed E-state index contributed by atoms with van der Waals surface area (Å²) >= 11 is 0. The quantitative estimate of drug-likeness (QED) is 0.675. The molecule has 1 unspecified atom stereocenters. The first kappa shape index (κ1) is 12.5. The van der Waals surface area contributed by atoms with Gasteiger partial charge in [-0.1, -0.05) is 6.08 Å². The maximum atomic E-state index is 11.7. The van der Waals surface area contributed by atoms with Crippen LogP contribution in [0.25, 0.3) is 0 Å². The molecule has 0 spiro atoms. The Balaban J connectivity index is 4.14. The molecule has 0 aliphatic rings. The number of rotatable bonds is 3. The van der Waals surface area contributed by atoms with Crippen molar-refractivity contribution in [2.24, 2.45) is 0 Å². The van der Waals surface area contributed by atoms with Crippen LogP contribution in [-0.4, -0.2) is 29.2 Å². The summed E-state index contributed by atoms with van der Waals surface area (Å²) in [5.74, 6) is -3.39. The normalized spacial score (nSPS) is 14.0. The van der Waals surface area contributed by atoms with Crippen molar-refractivity contribution in [1.29, 1.82) is 0 Å². The maximum absolute atomic E-state index is 11.7. The van der Waals surface area contributed by atoms with Gasteiger partial charge in [-0.15, -0.1) is 0 Å². The van der Waals surface area contributed by atoms with Gasteiger partial charge in [-0.3, -0.25) is 4.79 Å². The third-order valence-corrected chi connectivity index (χ3v) is 1.14. The summed E-state index contributed by atoms with van der Waals surface area (Å²) in [7, 11) is 0. The second-order valence-corrected chi connectivity index (χ2v) is 2.46. The minimum absolute atomic E-state index is 0.654. The number of nitrogens with one attached hydrogen (secondary N) is 1. The summed E-state index contributed by atoms with van der Waals surface area (Å²) in [5.41, 5.74) is 0. The van der Waals surface area contributed by atoms with Crippen molar-refractivity contribution in [3.05, 3.63) is 12.2 Å². The van der Waals surface area contributed by atoms with Crippen LogP contribution in [-0.2, 0) is 9.59 Å². The van der Waals surface area contributed by atoms with Crippen LogP contribution in [0.15, 0.2) is 12.2 Å². The minimum Gasteiger partial charge on any atom is -0.478 e. The van der Waals surface area contributed by atoms with E-state index in [1.54, 1.807) is 5.32 Å². The molecule has 80 valence electrons. The van der Waals surface area contributed by atoms with Crippen LogP contribution < -0.4 is 5.32 Å². The zero-order valence-corrected chi connectivity index (χ0v) is 7.13. The summed E-state index contributed by atoms with van der Waals surface area (Å²) in [6.07, 6.45) is -3.36. The molecule has 0 saturated heterocycles. The van der Waals surface area contributed by atoms with E-state index in [1.165, 1.54) is 6.92 Å². The van der Waals surface area contributed by atoms with E-state index in [-0.39, 0.29) is 0 Å². The predicted octanol–water partition coefficient (Wildman–Crippen LogP) is 0.694. The number of aliphatic carboxylic acids is 1. The smallest absolute Gasteiger partial charge is 0.471 e. The number of alkyl halides is 3. The molecule has 2 N–H and O–H groups in total. The lowest BCUT2D eigenvalue weighted by atomic mass is 10.3. The fourth-order valence-electron chi connectivity index (χ4n) is 0.563. The van der Waals surface area contributed by atoms with E-state index in [0.717, 1.165) is 6.08 Å². The summed E-state index contributed by atoms with van der Waals surface area (Å²) in [4.78, 5) is 20.3. The van der Waals surface area contributed by atoms with E-state index >= 15 is 0 Å². The van der Waals surface area contributed by atoms with E-state index in [9.17, 15) is 22.8 Å². The lowest BCUT2D eigenvalue weighted by Gasteiger charge is -2.10. The number of halogens is 3. The molecule has 0 heterocycles. The summed E-state index contributed by atoms with van der Waals surface area (Å²) in [6, 6.07) is -0.986. The van der Waals surface area contributed by atoms with Crippen molar-refractivity contribution in [2.75, 3.05) is 0 Å². The van der Waals surface area contributed by atoms with E-state index in [2.05, 4.69) is 0 Å². The molecule has 0 aromatic rings. The summed E-state index contributed by atoms with van der Waals surface area (Å²) in [5, 5.41) is 9.70. The Bertz CT molecular complexity index is 259. The summed E-state index contributed by atoms with van der Waals surface area (Å²) in [6.45, 7) is 1.23. The Kier molecular flexibility index (Phi) is 4.13. The number of hydrogen-bond acceptors (Lipinski definition) is 2. The van der Waals surface area contributed by atoms with Crippen LogP contribution in [0.5, 0.6) is 0 Å². The van der Waals surface area contributed by atoms with Crippen molar-refractivity contribution >= 4 is 11.9 Å². The Morgan fingerprint density at radius 1 is 1.43 bits per heavy atom. The molecule has 0 saturated carbocycles. The van der Waals surface area contributed by atoms with Crippen LogP contribution in [0.2, 0.25) is 0 Å². The molecule has 1 atom stereocenters. The van der Waals surface area contributed by atoms with E-state index in [4.69, 9.17) is 5.11 Å². The standard InChI is InChI=1S/C7H8F3NO3/c1-4(2-3-5(12)13)11-6(14)7(8,9)10/h2-4H,1H3,(H,11,14)(H,12,13)/b3-2+. The van der Waals surface area contributed by atoms with Crippen molar-refractivity contribution in [1.82, 2.24) is 5.32 Å². The fourth-order valence-corrected chi connectivity index (χ4v) is 0.563. The molecule has 0 aliphatic carbocycles. The van der Waals surface area contributed by atoms with Gasteiger partial charge in [-0.2, -0.15) is 13.2 Å². The van der Waals surface area contributed by atoms with Gasteiger partial charge >= 0.3 is 18.1 Å². The minimum atomic E-state index is -4.95. The SMILES string of the molecule is CC(/C=C/C(=O)O)NC(=O)C(F)(F)F. The Morgan fingerprint density at radius 2 is 1.93 bits per heavy atom. The molecule has 14 heavy (non-hydrogen) atoms. The average Bonchev–Trinajstić information content (AvgIpc) is 1.99. The van der Waals surface area contributed by atoms with Crippen LogP contribution in [0.3, 0.4) is 0 Å². The van der Waals surface area contributed by atoms with Gasteiger partial charge in [-0.05, 0) is 6.92 Å². The van der Waals surface area contributed by atoms with Gasteiger partial charge in [-0.25, -0.2) is 4.79 Å². The number of carboxylic acid groups (broad SMARTS) is 1. The largest absolute Gasteiger partial charge is 0.478 e. The molecule has 0 radical (unpaired) electrons. The Hall–Kier alpha value is -1.53. The molecular formula is C7H8F3NO3. The van der Waals surface area contributed by atoms with Crippen molar-refractivity contribution < 1.29 is 27.9 Å². The number of hydrogen-bond donors (Lipinski definition) is 2. The Morgan fingerprint density at radius 3 is 2.29 bits per heavy atom. The van der Waals surface area contributed by atoms with E-state index in [1.807, 2.05) is 0 Å². The highest BCUT2D eigenvalue weighted by atomic mass is 19.4. The van der Waals surface area contributed by atoms with Gasteiger partial charge in [0.25, 0.3) is 0 Å². The molecule has 0 bridgehead atoms. The number of carboxylic acids is 1.